The summed E-state index contributed by atoms with van der Waals surface area (Å²) < 4.78 is 40.2. The molecule has 0 amide bonds. The second kappa shape index (κ2) is 9.06. The monoisotopic (exact) mass is 439 g/mol. The zero-order valence-electron chi connectivity index (χ0n) is 16.8. The number of hydrogen-bond acceptors (Lipinski definition) is 5. The summed E-state index contributed by atoms with van der Waals surface area (Å²) >= 11 is 0. The highest BCUT2D eigenvalue weighted by Crippen LogP contribution is 2.35. The molecule has 5 N–H and O–H groups in total. The lowest BCUT2D eigenvalue weighted by Gasteiger charge is -2.30. The maximum Gasteiger partial charge on any atom is 0.408 e. The van der Waals surface area contributed by atoms with Gasteiger partial charge in [0.15, 0.2) is 5.82 Å². The predicted octanol–water partition coefficient (Wildman–Crippen LogP) is 3.04. The minimum atomic E-state index is -4.41. The van der Waals surface area contributed by atoms with E-state index in [1.165, 1.54) is 0 Å². The fraction of sp³-hybridized carbons (Fsp3) is 0.450. The van der Waals surface area contributed by atoms with Crippen molar-refractivity contribution in [3.05, 3.63) is 36.3 Å². The van der Waals surface area contributed by atoms with Crippen LogP contribution in [0.3, 0.4) is 0 Å². The van der Waals surface area contributed by atoms with Crippen LogP contribution in [0.1, 0.15) is 37.9 Å². The Balaban J connectivity index is 0.000000628. The second-order valence-corrected chi connectivity index (χ2v) is 7.57. The van der Waals surface area contributed by atoms with Crippen LogP contribution in [0.15, 0.2) is 30.5 Å². The number of rotatable bonds is 3. The number of aliphatic hydroxyl groups excluding tert-OH is 1. The summed E-state index contributed by atoms with van der Waals surface area (Å²) in [5.41, 5.74) is 7.45. The minimum absolute atomic E-state index is 0.256. The van der Waals surface area contributed by atoms with E-state index in [1.54, 1.807) is 6.20 Å². The molecule has 0 unspecified atom stereocenters. The van der Waals surface area contributed by atoms with Gasteiger partial charge in [-0.3, -0.25) is 4.79 Å². The van der Waals surface area contributed by atoms with Gasteiger partial charge in [-0.05, 0) is 25.3 Å². The molecule has 1 saturated carbocycles. The van der Waals surface area contributed by atoms with E-state index in [-0.39, 0.29) is 17.6 Å². The quantitative estimate of drug-likeness (QED) is 0.496. The van der Waals surface area contributed by atoms with Crippen LogP contribution in [-0.2, 0) is 11.3 Å². The maximum absolute atomic E-state index is 13.1. The normalized spacial score (nSPS) is 21.5. The number of halogens is 3. The van der Waals surface area contributed by atoms with Crippen LogP contribution in [0.25, 0.3) is 22.3 Å². The number of nitrogens with two attached hydrogens (primary N) is 1. The van der Waals surface area contributed by atoms with Crippen molar-refractivity contribution in [1.82, 2.24) is 19.7 Å². The molecule has 31 heavy (non-hydrogen) atoms. The molecule has 1 aromatic carbocycles. The van der Waals surface area contributed by atoms with Gasteiger partial charge in [0.2, 0.25) is 0 Å². The van der Waals surface area contributed by atoms with Crippen LogP contribution in [0.2, 0.25) is 0 Å². The van der Waals surface area contributed by atoms with E-state index in [4.69, 9.17) is 15.6 Å². The average molecular weight is 439 g/mol. The fourth-order valence-corrected chi connectivity index (χ4v) is 3.74. The average Bonchev–Trinajstić information content (AvgIpc) is 3.26. The maximum atomic E-state index is 13.1. The van der Waals surface area contributed by atoms with E-state index in [0.29, 0.717) is 24.8 Å². The number of aromatic nitrogens is 4. The molecular weight excluding hydrogens is 415 g/mol. The molecule has 2 heterocycles. The first-order chi connectivity index (χ1) is 14.5. The first-order valence-electron chi connectivity index (χ1n) is 9.76. The first kappa shape index (κ1) is 22.8. The molecule has 0 saturated heterocycles. The number of aliphatic hydroxyl groups is 1. The third kappa shape index (κ3) is 5.61. The number of carboxylic acid groups (broad SMARTS) is 1. The molecule has 0 aliphatic heterocycles. The Morgan fingerprint density at radius 3 is 2.65 bits per heavy atom. The summed E-state index contributed by atoms with van der Waals surface area (Å²) in [5, 5.41) is 22.3. The Morgan fingerprint density at radius 1 is 1.32 bits per heavy atom. The molecule has 1 aliphatic carbocycles. The zero-order chi connectivity index (χ0) is 22.8. The second-order valence-electron chi connectivity index (χ2n) is 7.57. The number of benzene rings is 1. The molecule has 0 bridgehead atoms. The van der Waals surface area contributed by atoms with Gasteiger partial charge in [-0.1, -0.05) is 18.2 Å². The van der Waals surface area contributed by atoms with Crippen molar-refractivity contribution >= 4 is 16.9 Å². The molecule has 4 rings (SSSR count). The number of H-pyrrole nitrogens is 1. The van der Waals surface area contributed by atoms with E-state index < -0.39 is 30.8 Å². The number of carbonyl (C=O) groups is 1. The summed E-state index contributed by atoms with van der Waals surface area (Å²) in [4.78, 5) is 16.6. The number of nitrogens with one attached hydrogen (secondary N) is 1. The fourth-order valence-electron chi connectivity index (χ4n) is 3.74. The van der Waals surface area contributed by atoms with Crippen molar-refractivity contribution in [3.63, 3.8) is 0 Å². The minimum Gasteiger partial charge on any atom is -0.481 e. The third-order valence-electron chi connectivity index (χ3n) is 5.09. The van der Waals surface area contributed by atoms with Gasteiger partial charge in [0, 0.05) is 41.5 Å². The summed E-state index contributed by atoms with van der Waals surface area (Å²) in [6.45, 7) is -0.119. The number of aliphatic carboxylic acids is 1. The van der Waals surface area contributed by atoms with Crippen molar-refractivity contribution in [1.29, 1.82) is 0 Å². The van der Waals surface area contributed by atoms with Crippen LogP contribution >= 0.6 is 0 Å². The van der Waals surface area contributed by atoms with Gasteiger partial charge in [-0.2, -0.15) is 18.3 Å². The van der Waals surface area contributed by atoms with E-state index in [2.05, 4.69) is 15.1 Å². The molecule has 0 spiro atoms. The van der Waals surface area contributed by atoms with Gasteiger partial charge in [0.1, 0.15) is 12.4 Å². The Morgan fingerprint density at radius 2 is 2.00 bits per heavy atom. The smallest absolute Gasteiger partial charge is 0.408 e. The molecule has 11 heteroatoms. The number of alkyl halides is 3. The summed E-state index contributed by atoms with van der Waals surface area (Å²) in [7, 11) is 0. The van der Waals surface area contributed by atoms with Crippen LogP contribution in [0, 0.1) is 0 Å². The van der Waals surface area contributed by atoms with Gasteiger partial charge in [-0.25, -0.2) is 9.67 Å². The Labute approximate surface area is 175 Å². The highest BCUT2D eigenvalue weighted by Gasteiger charge is 2.35. The number of hydrogen-bond donors (Lipinski definition) is 4. The van der Waals surface area contributed by atoms with Crippen molar-refractivity contribution < 1.29 is 28.2 Å². The van der Waals surface area contributed by atoms with E-state index in [0.717, 1.165) is 22.5 Å². The van der Waals surface area contributed by atoms with Crippen LogP contribution in [-0.4, -0.2) is 54.3 Å². The highest BCUT2D eigenvalue weighted by molar-refractivity contribution is 5.93. The van der Waals surface area contributed by atoms with Crippen molar-refractivity contribution in [2.75, 3.05) is 0 Å². The molecule has 8 nitrogen and oxygen atoms in total. The summed E-state index contributed by atoms with van der Waals surface area (Å²) in [6, 6.07) is 7.01. The first-order valence-corrected chi connectivity index (χ1v) is 9.76. The highest BCUT2D eigenvalue weighted by atomic mass is 19.4. The van der Waals surface area contributed by atoms with Crippen LogP contribution < -0.4 is 5.73 Å². The lowest BCUT2D eigenvalue weighted by molar-refractivity contribution is -0.143. The molecule has 3 aromatic rings. The number of para-hydroxylation sites is 1. The Hall–Kier alpha value is -2.92. The topological polar surface area (TPSA) is 130 Å². The SMILES string of the molecule is CC(=O)O.N[C@@H]1C[C@@H](c2nc(-c3c[nH]c4ccccc34)nn2CC(F)(F)F)CC[C@H]1O. The van der Waals surface area contributed by atoms with Crippen LogP contribution in [0.4, 0.5) is 13.2 Å². The molecular formula is C20H24F3N5O3. The van der Waals surface area contributed by atoms with E-state index in [1.807, 2.05) is 24.3 Å². The van der Waals surface area contributed by atoms with Crippen molar-refractivity contribution in [2.24, 2.45) is 5.73 Å². The van der Waals surface area contributed by atoms with E-state index in [9.17, 15) is 18.3 Å². The predicted molar refractivity (Wildman–Crippen MR) is 107 cm³/mol. The van der Waals surface area contributed by atoms with Crippen molar-refractivity contribution in [2.45, 2.75) is 57.0 Å². The molecule has 168 valence electrons. The molecule has 1 aliphatic rings. The lowest BCUT2D eigenvalue weighted by Crippen LogP contribution is -2.40. The molecule has 3 atom stereocenters. The van der Waals surface area contributed by atoms with Crippen LogP contribution in [0.5, 0.6) is 0 Å². The third-order valence-corrected chi connectivity index (χ3v) is 5.09. The largest absolute Gasteiger partial charge is 0.481 e. The number of carboxylic acids is 1. The van der Waals surface area contributed by atoms with Gasteiger partial charge in [-0.15, -0.1) is 0 Å². The zero-order valence-corrected chi connectivity index (χ0v) is 16.8. The standard InChI is InChI=1S/C18H20F3N5O.C2H4O2/c19-18(20,21)9-26-17(10-5-6-15(27)13(22)7-10)24-16(25-26)12-8-23-14-4-2-1-3-11(12)14;1-2(3)4/h1-4,8,10,13,15,23,27H,5-7,9,22H2;1H3,(H,3,4)/t10-,13+,15+;/m0./s1. The Kier molecular flexibility index (Phi) is 6.65. The number of aromatic amines is 1. The molecule has 0 radical (unpaired) electrons. The molecule has 1 fully saturated rings. The number of fused-ring (bicyclic) bond motifs is 1. The van der Waals surface area contributed by atoms with Gasteiger partial charge in [0.25, 0.3) is 5.97 Å². The van der Waals surface area contributed by atoms with E-state index >= 15 is 0 Å². The van der Waals surface area contributed by atoms with Gasteiger partial charge >= 0.3 is 6.18 Å². The van der Waals surface area contributed by atoms with Crippen molar-refractivity contribution in [3.8, 4) is 11.4 Å². The lowest BCUT2D eigenvalue weighted by atomic mass is 9.83. The van der Waals surface area contributed by atoms with Gasteiger partial charge in [0.05, 0.1) is 6.10 Å². The number of nitrogens with zero attached hydrogens (tertiary/aromatic N) is 3. The van der Waals surface area contributed by atoms with Gasteiger partial charge < -0.3 is 20.9 Å². The summed E-state index contributed by atoms with van der Waals surface area (Å²) in [5.74, 6) is -0.571. The summed E-state index contributed by atoms with van der Waals surface area (Å²) in [6.07, 6.45) is -1.99. The Bertz CT molecular complexity index is 1040. The molecule has 2 aromatic heterocycles.